The second-order valence-corrected chi connectivity index (χ2v) is 6.47. The Kier molecular flexibility index (Phi) is 3.20. The average Bonchev–Trinajstić information content (AvgIpc) is 2.81. The maximum atomic E-state index is 6.06. The van der Waals surface area contributed by atoms with E-state index in [1.807, 2.05) is 0 Å². The third-order valence-corrected chi connectivity index (χ3v) is 4.88. The molecule has 1 atom stereocenters. The molecule has 2 heterocycles. The van der Waals surface area contributed by atoms with Gasteiger partial charge in [-0.25, -0.2) is 10.4 Å². The van der Waals surface area contributed by atoms with Gasteiger partial charge in [0, 0.05) is 24.0 Å². The maximum Gasteiger partial charge on any atom is 0.0934 e. The van der Waals surface area contributed by atoms with Crippen LogP contribution in [0.2, 0.25) is 4.34 Å². The number of rotatable bonds is 2. The highest BCUT2D eigenvalue weighted by Gasteiger charge is 2.26. The predicted molar refractivity (Wildman–Crippen MR) is 69.0 cm³/mol. The molecule has 1 saturated heterocycles. The lowest BCUT2D eigenvalue weighted by Crippen LogP contribution is -2.43. The number of nitrogens with one attached hydrogen (secondary N) is 1. The molecule has 16 heavy (non-hydrogen) atoms. The lowest BCUT2D eigenvalue weighted by Gasteiger charge is -2.30. The van der Waals surface area contributed by atoms with Gasteiger partial charge in [0.05, 0.1) is 4.34 Å². The van der Waals surface area contributed by atoms with Crippen LogP contribution in [-0.4, -0.2) is 18.1 Å². The Morgan fingerprint density at radius 2 is 2.12 bits per heavy atom. The smallest absolute Gasteiger partial charge is 0.0934 e. The number of nitrogens with zero attached hydrogens (tertiary/aromatic N) is 1. The first-order valence-electron chi connectivity index (χ1n) is 6.12. The van der Waals surface area contributed by atoms with E-state index >= 15 is 0 Å². The van der Waals surface area contributed by atoms with Gasteiger partial charge in [-0.3, -0.25) is 0 Å². The molecule has 0 saturated carbocycles. The van der Waals surface area contributed by atoms with Crippen LogP contribution in [0.3, 0.4) is 0 Å². The number of hydrazine groups is 1. The topological polar surface area (TPSA) is 15.3 Å². The lowest BCUT2D eigenvalue weighted by atomic mass is 10.1. The minimum atomic E-state index is 0.511. The van der Waals surface area contributed by atoms with Gasteiger partial charge in [0.25, 0.3) is 0 Å². The van der Waals surface area contributed by atoms with Gasteiger partial charge in [-0.2, -0.15) is 0 Å². The molecule has 2 aliphatic rings. The van der Waals surface area contributed by atoms with E-state index in [1.165, 1.54) is 55.6 Å². The zero-order valence-corrected chi connectivity index (χ0v) is 10.9. The van der Waals surface area contributed by atoms with E-state index in [2.05, 4.69) is 16.5 Å². The van der Waals surface area contributed by atoms with E-state index in [9.17, 15) is 0 Å². The molecular weight excluding hydrogens is 240 g/mol. The van der Waals surface area contributed by atoms with E-state index in [0.717, 1.165) is 4.34 Å². The van der Waals surface area contributed by atoms with Crippen LogP contribution in [0, 0.1) is 0 Å². The standard InChI is InChI=1S/C12H17ClN2S/c13-12-8-9-10(4-5-11(9)16-12)14-15-6-2-1-3-7-15/h8,10,14H,1-7H2. The molecule has 0 aromatic carbocycles. The minimum absolute atomic E-state index is 0.511. The van der Waals surface area contributed by atoms with Crippen LogP contribution in [-0.2, 0) is 6.42 Å². The van der Waals surface area contributed by atoms with Gasteiger partial charge < -0.3 is 0 Å². The van der Waals surface area contributed by atoms with Crippen LogP contribution in [0.4, 0.5) is 0 Å². The van der Waals surface area contributed by atoms with Crippen molar-refractivity contribution in [3.8, 4) is 0 Å². The third-order valence-electron chi connectivity index (χ3n) is 3.54. The quantitative estimate of drug-likeness (QED) is 0.873. The van der Waals surface area contributed by atoms with Crippen molar-refractivity contribution in [2.75, 3.05) is 13.1 Å². The molecule has 1 aromatic heterocycles. The Bertz CT molecular complexity index is 371. The number of thiophene rings is 1. The molecule has 1 aliphatic carbocycles. The first kappa shape index (κ1) is 11.0. The van der Waals surface area contributed by atoms with Crippen molar-refractivity contribution >= 4 is 22.9 Å². The summed E-state index contributed by atoms with van der Waals surface area (Å²) in [5.74, 6) is 0. The Labute approximate surface area is 106 Å². The summed E-state index contributed by atoms with van der Waals surface area (Å²) in [6, 6.07) is 2.66. The monoisotopic (exact) mass is 256 g/mol. The van der Waals surface area contributed by atoms with E-state index in [-0.39, 0.29) is 0 Å². The van der Waals surface area contributed by atoms with E-state index in [1.54, 1.807) is 11.3 Å². The van der Waals surface area contributed by atoms with Crippen molar-refractivity contribution in [2.45, 2.75) is 38.1 Å². The van der Waals surface area contributed by atoms with Gasteiger partial charge in [0.1, 0.15) is 0 Å². The Morgan fingerprint density at radius 1 is 1.31 bits per heavy atom. The highest BCUT2D eigenvalue weighted by atomic mass is 35.5. The van der Waals surface area contributed by atoms with Crippen molar-refractivity contribution < 1.29 is 0 Å². The Morgan fingerprint density at radius 3 is 2.94 bits per heavy atom. The fourth-order valence-electron chi connectivity index (χ4n) is 2.71. The normalized spacial score (nSPS) is 25.9. The highest BCUT2D eigenvalue weighted by molar-refractivity contribution is 7.16. The lowest BCUT2D eigenvalue weighted by molar-refractivity contribution is 0.128. The summed E-state index contributed by atoms with van der Waals surface area (Å²) < 4.78 is 0.940. The van der Waals surface area contributed by atoms with Crippen LogP contribution in [0.1, 0.15) is 42.2 Å². The molecule has 88 valence electrons. The summed E-state index contributed by atoms with van der Waals surface area (Å²) in [4.78, 5) is 1.49. The largest absolute Gasteiger partial charge is 0.248 e. The summed E-state index contributed by atoms with van der Waals surface area (Å²) >= 11 is 7.81. The van der Waals surface area contributed by atoms with Gasteiger partial charge in [0.15, 0.2) is 0 Å². The van der Waals surface area contributed by atoms with Crippen LogP contribution in [0.5, 0.6) is 0 Å². The fraction of sp³-hybridized carbons (Fsp3) is 0.667. The Hall–Kier alpha value is -0.0900. The molecule has 0 amide bonds. The number of halogens is 1. The van der Waals surface area contributed by atoms with Crippen LogP contribution in [0.25, 0.3) is 0 Å². The number of piperidine rings is 1. The molecule has 2 nitrogen and oxygen atoms in total. The molecule has 1 N–H and O–H groups in total. The van der Waals surface area contributed by atoms with Gasteiger partial charge in [0.2, 0.25) is 0 Å². The second-order valence-electron chi connectivity index (χ2n) is 4.70. The van der Waals surface area contributed by atoms with Gasteiger partial charge in [-0.15, -0.1) is 11.3 Å². The van der Waals surface area contributed by atoms with Crippen LogP contribution in [0.15, 0.2) is 6.07 Å². The van der Waals surface area contributed by atoms with Crippen molar-refractivity contribution in [1.29, 1.82) is 0 Å². The van der Waals surface area contributed by atoms with Crippen molar-refractivity contribution in [3.63, 3.8) is 0 Å². The molecule has 0 spiro atoms. The van der Waals surface area contributed by atoms with E-state index < -0.39 is 0 Å². The number of hydrogen-bond donors (Lipinski definition) is 1. The molecule has 0 radical (unpaired) electrons. The van der Waals surface area contributed by atoms with Crippen molar-refractivity contribution in [2.24, 2.45) is 0 Å². The van der Waals surface area contributed by atoms with Crippen molar-refractivity contribution in [3.05, 3.63) is 20.8 Å². The van der Waals surface area contributed by atoms with E-state index in [0.29, 0.717) is 6.04 Å². The van der Waals surface area contributed by atoms with Crippen molar-refractivity contribution in [1.82, 2.24) is 10.4 Å². The van der Waals surface area contributed by atoms with E-state index in [4.69, 9.17) is 11.6 Å². The zero-order chi connectivity index (χ0) is 11.0. The summed E-state index contributed by atoms with van der Waals surface area (Å²) in [5, 5.41) is 2.40. The summed E-state index contributed by atoms with van der Waals surface area (Å²) in [6.45, 7) is 2.40. The SMILES string of the molecule is Clc1cc2c(s1)CCC2NN1CCCCC1. The average molecular weight is 257 g/mol. The molecule has 1 fully saturated rings. The molecular formula is C12H17ClN2S. The Balaban J connectivity index is 1.67. The van der Waals surface area contributed by atoms with Gasteiger partial charge >= 0.3 is 0 Å². The highest BCUT2D eigenvalue weighted by Crippen LogP contribution is 2.39. The third kappa shape index (κ3) is 2.14. The zero-order valence-electron chi connectivity index (χ0n) is 9.34. The van der Waals surface area contributed by atoms with Gasteiger partial charge in [-0.1, -0.05) is 18.0 Å². The molecule has 1 aliphatic heterocycles. The first-order valence-corrected chi connectivity index (χ1v) is 7.31. The van der Waals surface area contributed by atoms with Crippen LogP contribution < -0.4 is 5.43 Å². The predicted octanol–water partition coefficient (Wildman–Crippen LogP) is 3.38. The molecule has 1 aromatic rings. The minimum Gasteiger partial charge on any atom is -0.248 e. The number of fused-ring (bicyclic) bond motifs is 1. The maximum absolute atomic E-state index is 6.06. The summed E-state index contributed by atoms with van der Waals surface area (Å²) in [6.07, 6.45) is 6.47. The van der Waals surface area contributed by atoms with Crippen LogP contribution >= 0.6 is 22.9 Å². The molecule has 1 unspecified atom stereocenters. The molecule has 3 rings (SSSR count). The number of hydrogen-bond acceptors (Lipinski definition) is 3. The fourth-order valence-corrected chi connectivity index (χ4v) is 4.06. The van der Waals surface area contributed by atoms with Gasteiger partial charge in [-0.05, 0) is 37.3 Å². The number of aryl methyl sites for hydroxylation is 1. The second kappa shape index (κ2) is 4.65. The first-order chi connectivity index (χ1) is 7.83. The molecule has 4 heteroatoms. The summed E-state index contributed by atoms with van der Waals surface area (Å²) in [7, 11) is 0. The molecule has 0 bridgehead atoms. The summed E-state index contributed by atoms with van der Waals surface area (Å²) in [5.41, 5.74) is 5.11.